The Morgan fingerprint density at radius 2 is 2.25 bits per heavy atom. The lowest BCUT2D eigenvalue weighted by molar-refractivity contribution is 0.251. The summed E-state index contributed by atoms with van der Waals surface area (Å²) in [4.78, 5) is 13.5. The zero-order valence-corrected chi connectivity index (χ0v) is 9.66. The standard InChI is InChI=1S/C12H17N3O/c1-8-3-4-9(2)11(5-8)15-7-10(6-13)14-12(15)16/h3-5,10H,6-7,13H2,1-2H3,(H,14,16). The molecule has 4 nitrogen and oxygen atoms in total. The Morgan fingerprint density at radius 3 is 2.88 bits per heavy atom. The fraction of sp³-hybridized carbons (Fsp3) is 0.417. The van der Waals surface area contributed by atoms with E-state index in [9.17, 15) is 4.79 Å². The zero-order chi connectivity index (χ0) is 11.7. The van der Waals surface area contributed by atoms with Crippen LogP contribution < -0.4 is 16.0 Å². The van der Waals surface area contributed by atoms with Gasteiger partial charge in [0.05, 0.1) is 6.04 Å². The van der Waals surface area contributed by atoms with Crippen molar-refractivity contribution in [3.05, 3.63) is 29.3 Å². The molecule has 0 aromatic heterocycles. The fourth-order valence-electron chi connectivity index (χ4n) is 1.95. The molecule has 2 rings (SSSR count). The van der Waals surface area contributed by atoms with Crippen molar-refractivity contribution in [3.8, 4) is 0 Å². The van der Waals surface area contributed by atoms with Gasteiger partial charge >= 0.3 is 6.03 Å². The van der Waals surface area contributed by atoms with Crippen molar-refractivity contribution in [2.24, 2.45) is 5.73 Å². The third-order valence-corrected chi connectivity index (χ3v) is 2.92. The normalized spacial score (nSPS) is 20.1. The zero-order valence-electron chi connectivity index (χ0n) is 9.66. The SMILES string of the molecule is Cc1ccc(C)c(N2CC(CN)NC2=O)c1. The second-order valence-electron chi connectivity index (χ2n) is 4.28. The van der Waals surface area contributed by atoms with Gasteiger partial charge in [0.15, 0.2) is 0 Å². The number of nitrogens with one attached hydrogen (secondary N) is 1. The minimum absolute atomic E-state index is 0.0517. The highest BCUT2D eigenvalue weighted by molar-refractivity contribution is 5.95. The number of anilines is 1. The molecular weight excluding hydrogens is 202 g/mol. The second kappa shape index (κ2) is 4.14. The highest BCUT2D eigenvalue weighted by Gasteiger charge is 2.29. The number of nitrogens with zero attached hydrogens (tertiary/aromatic N) is 1. The van der Waals surface area contributed by atoms with Gasteiger partial charge in [0, 0.05) is 18.8 Å². The Labute approximate surface area is 95.4 Å². The van der Waals surface area contributed by atoms with Crippen LogP contribution in [0.2, 0.25) is 0 Å². The summed E-state index contributed by atoms with van der Waals surface area (Å²) in [5.74, 6) is 0. The van der Waals surface area contributed by atoms with E-state index in [1.807, 2.05) is 32.0 Å². The van der Waals surface area contributed by atoms with Crippen molar-refractivity contribution in [1.82, 2.24) is 5.32 Å². The Bertz CT molecular complexity index is 417. The van der Waals surface area contributed by atoms with E-state index in [4.69, 9.17) is 5.73 Å². The van der Waals surface area contributed by atoms with E-state index in [0.29, 0.717) is 13.1 Å². The third kappa shape index (κ3) is 1.88. The van der Waals surface area contributed by atoms with Crippen molar-refractivity contribution in [2.75, 3.05) is 18.0 Å². The molecule has 0 aliphatic carbocycles. The number of nitrogens with two attached hydrogens (primary N) is 1. The molecule has 2 amide bonds. The van der Waals surface area contributed by atoms with Gasteiger partial charge in [0.1, 0.15) is 0 Å². The lowest BCUT2D eigenvalue weighted by Crippen LogP contribution is -2.33. The molecular formula is C12H17N3O. The Hall–Kier alpha value is -1.55. The predicted molar refractivity (Wildman–Crippen MR) is 64.6 cm³/mol. The van der Waals surface area contributed by atoms with Crippen molar-refractivity contribution in [1.29, 1.82) is 0 Å². The number of aryl methyl sites for hydroxylation is 2. The van der Waals surface area contributed by atoms with Gasteiger partial charge < -0.3 is 11.1 Å². The number of hydrogen-bond acceptors (Lipinski definition) is 2. The van der Waals surface area contributed by atoms with Gasteiger partial charge in [-0.3, -0.25) is 4.90 Å². The van der Waals surface area contributed by atoms with E-state index in [1.165, 1.54) is 0 Å². The Kier molecular flexibility index (Phi) is 2.83. The quantitative estimate of drug-likeness (QED) is 0.784. The summed E-state index contributed by atoms with van der Waals surface area (Å²) in [6.45, 7) is 5.17. The van der Waals surface area contributed by atoms with Crippen molar-refractivity contribution in [3.63, 3.8) is 0 Å². The molecule has 0 saturated carbocycles. The summed E-state index contributed by atoms with van der Waals surface area (Å²) in [5.41, 5.74) is 8.81. The number of rotatable bonds is 2. The number of hydrogen-bond donors (Lipinski definition) is 2. The lowest BCUT2D eigenvalue weighted by atomic mass is 10.1. The van der Waals surface area contributed by atoms with E-state index >= 15 is 0 Å². The number of benzene rings is 1. The molecule has 1 aliphatic rings. The van der Waals surface area contributed by atoms with Gasteiger partial charge in [-0.2, -0.15) is 0 Å². The maximum atomic E-state index is 11.8. The number of carbonyl (C=O) groups is 1. The molecule has 0 radical (unpaired) electrons. The molecule has 86 valence electrons. The lowest BCUT2D eigenvalue weighted by Gasteiger charge is -2.17. The van der Waals surface area contributed by atoms with E-state index in [1.54, 1.807) is 4.90 Å². The summed E-state index contributed by atoms with van der Waals surface area (Å²) in [6.07, 6.45) is 0. The molecule has 1 fully saturated rings. The van der Waals surface area contributed by atoms with Crippen LogP contribution in [0, 0.1) is 13.8 Å². The Balaban J connectivity index is 2.30. The second-order valence-corrected chi connectivity index (χ2v) is 4.28. The molecule has 1 unspecified atom stereocenters. The highest BCUT2D eigenvalue weighted by Crippen LogP contribution is 2.23. The summed E-state index contributed by atoms with van der Waals surface area (Å²) < 4.78 is 0. The van der Waals surface area contributed by atoms with E-state index in [0.717, 1.165) is 16.8 Å². The van der Waals surface area contributed by atoms with Crippen LogP contribution in [0.15, 0.2) is 18.2 Å². The van der Waals surface area contributed by atoms with Crippen LogP contribution in [0.5, 0.6) is 0 Å². The summed E-state index contributed by atoms with van der Waals surface area (Å²) in [5, 5.41) is 2.86. The van der Waals surface area contributed by atoms with Crippen LogP contribution in [0.3, 0.4) is 0 Å². The van der Waals surface area contributed by atoms with Crippen molar-refractivity contribution < 1.29 is 4.79 Å². The molecule has 1 heterocycles. The first-order chi connectivity index (χ1) is 7.61. The molecule has 16 heavy (non-hydrogen) atoms. The van der Waals surface area contributed by atoms with Crippen LogP contribution in [0.4, 0.5) is 10.5 Å². The molecule has 1 saturated heterocycles. The molecule has 1 aliphatic heterocycles. The van der Waals surface area contributed by atoms with E-state index in [-0.39, 0.29) is 12.1 Å². The first kappa shape index (κ1) is 11.0. The molecule has 0 spiro atoms. The average Bonchev–Trinajstić information content (AvgIpc) is 2.63. The molecule has 4 heteroatoms. The van der Waals surface area contributed by atoms with Gasteiger partial charge in [-0.1, -0.05) is 12.1 Å². The van der Waals surface area contributed by atoms with Crippen molar-refractivity contribution >= 4 is 11.7 Å². The van der Waals surface area contributed by atoms with Gasteiger partial charge in [0.25, 0.3) is 0 Å². The largest absolute Gasteiger partial charge is 0.332 e. The van der Waals surface area contributed by atoms with Gasteiger partial charge in [-0.15, -0.1) is 0 Å². The van der Waals surface area contributed by atoms with E-state index in [2.05, 4.69) is 5.32 Å². The van der Waals surface area contributed by atoms with Crippen molar-refractivity contribution in [2.45, 2.75) is 19.9 Å². The van der Waals surface area contributed by atoms with Crippen LogP contribution in [0.1, 0.15) is 11.1 Å². The van der Waals surface area contributed by atoms with Crippen LogP contribution >= 0.6 is 0 Å². The predicted octanol–water partition coefficient (Wildman–Crippen LogP) is 1.16. The fourth-order valence-corrected chi connectivity index (χ4v) is 1.95. The highest BCUT2D eigenvalue weighted by atomic mass is 16.2. The monoisotopic (exact) mass is 219 g/mol. The smallest absolute Gasteiger partial charge is 0.322 e. The van der Waals surface area contributed by atoms with Crippen LogP contribution in [-0.2, 0) is 0 Å². The summed E-state index contributed by atoms with van der Waals surface area (Å²) in [6, 6.07) is 6.13. The first-order valence-corrected chi connectivity index (χ1v) is 5.47. The summed E-state index contributed by atoms with van der Waals surface area (Å²) >= 11 is 0. The molecule has 1 aromatic rings. The maximum Gasteiger partial charge on any atom is 0.322 e. The minimum Gasteiger partial charge on any atom is -0.332 e. The summed E-state index contributed by atoms with van der Waals surface area (Å²) in [7, 11) is 0. The maximum absolute atomic E-state index is 11.8. The van der Waals surface area contributed by atoms with Crippen LogP contribution in [-0.4, -0.2) is 25.2 Å². The number of urea groups is 1. The third-order valence-electron chi connectivity index (χ3n) is 2.92. The first-order valence-electron chi connectivity index (χ1n) is 5.47. The van der Waals surface area contributed by atoms with E-state index < -0.39 is 0 Å². The minimum atomic E-state index is -0.0517. The topological polar surface area (TPSA) is 58.4 Å². The Morgan fingerprint density at radius 1 is 1.50 bits per heavy atom. The van der Waals surface area contributed by atoms with Gasteiger partial charge in [-0.25, -0.2) is 4.79 Å². The number of amides is 2. The number of carbonyl (C=O) groups excluding carboxylic acids is 1. The van der Waals surface area contributed by atoms with Crippen LogP contribution in [0.25, 0.3) is 0 Å². The molecule has 0 bridgehead atoms. The van der Waals surface area contributed by atoms with Gasteiger partial charge in [-0.05, 0) is 31.0 Å². The molecule has 1 aromatic carbocycles. The molecule has 1 atom stereocenters. The average molecular weight is 219 g/mol. The molecule has 3 N–H and O–H groups in total. The van der Waals surface area contributed by atoms with Gasteiger partial charge in [0.2, 0.25) is 0 Å².